The Morgan fingerprint density at radius 3 is 2.35 bits per heavy atom. The average molecular weight is 691 g/mol. The molecule has 1 N–H and O–H groups in total. The molecule has 0 unspecified atom stereocenters. The number of esters is 1. The van der Waals surface area contributed by atoms with Gasteiger partial charge in [-0.15, -0.1) is 0 Å². The Bertz CT molecular complexity index is 1940. The van der Waals surface area contributed by atoms with Gasteiger partial charge < -0.3 is 29.3 Å². The van der Waals surface area contributed by atoms with Crippen LogP contribution in [0, 0.1) is 11.3 Å². The number of carbonyl (C=O) groups excluding carboxylic acids is 4. The third-order valence-electron chi connectivity index (χ3n) is 9.11. The molecular formula is C38H38N6O7. The summed E-state index contributed by atoms with van der Waals surface area (Å²) in [6.45, 7) is -0.138. The van der Waals surface area contributed by atoms with Crippen LogP contribution in [-0.4, -0.2) is 96.3 Å². The number of methoxy groups -OCH3 is 2. The highest BCUT2D eigenvalue weighted by atomic mass is 16.6. The number of nitriles is 1. The molecular weight excluding hydrogens is 652 g/mol. The minimum absolute atomic E-state index is 0.123. The highest BCUT2D eigenvalue weighted by Crippen LogP contribution is 2.31. The average Bonchev–Trinajstić information content (AvgIpc) is 3.48. The number of nitrogens with one attached hydrogen (secondary N) is 1. The molecule has 13 heteroatoms. The number of hydrazine groups is 1. The fourth-order valence-corrected chi connectivity index (χ4v) is 6.53. The van der Waals surface area contributed by atoms with Crippen LogP contribution in [0.1, 0.15) is 16.7 Å². The van der Waals surface area contributed by atoms with Gasteiger partial charge in [0.05, 0.1) is 33.4 Å². The molecule has 4 amide bonds. The third kappa shape index (κ3) is 7.71. The second kappa shape index (κ2) is 15.6. The van der Waals surface area contributed by atoms with E-state index < -0.39 is 24.2 Å². The summed E-state index contributed by atoms with van der Waals surface area (Å²) in [6, 6.07) is 28.7. The maximum atomic E-state index is 14.4. The second-order valence-corrected chi connectivity index (χ2v) is 12.2. The number of hydrogen-bond donors (Lipinski definition) is 1. The van der Waals surface area contributed by atoms with Crippen molar-refractivity contribution >= 4 is 34.6 Å². The zero-order valence-electron chi connectivity index (χ0n) is 28.4. The molecule has 0 aromatic heterocycles. The van der Waals surface area contributed by atoms with Gasteiger partial charge in [0.1, 0.15) is 30.3 Å². The topological polar surface area (TPSA) is 145 Å². The summed E-state index contributed by atoms with van der Waals surface area (Å²) >= 11 is 0. The molecule has 0 radical (unpaired) electrons. The van der Waals surface area contributed by atoms with Gasteiger partial charge in [-0.25, -0.2) is 14.6 Å². The number of urea groups is 1. The van der Waals surface area contributed by atoms with Crippen molar-refractivity contribution in [3.63, 3.8) is 0 Å². The van der Waals surface area contributed by atoms with E-state index >= 15 is 0 Å². The first-order valence-electron chi connectivity index (χ1n) is 16.5. The quantitative estimate of drug-likeness (QED) is 0.175. The van der Waals surface area contributed by atoms with Gasteiger partial charge >= 0.3 is 12.0 Å². The number of piperazine rings is 1. The number of hydrogen-bond acceptors (Lipinski definition) is 9. The van der Waals surface area contributed by atoms with Gasteiger partial charge in [0, 0.05) is 19.5 Å². The second-order valence-electron chi connectivity index (χ2n) is 12.2. The smallest absolute Gasteiger partial charge is 0.343 e. The normalized spacial score (nSPS) is 17.1. The summed E-state index contributed by atoms with van der Waals surface area (Å²) < 4.78 is 15.3. The molecule has 0 spiro atoms. The number of benzene rings is 4. The molecule has 2 fully saturated rings. The molecule has 0 aliphatic carbocycles. The zero-order valence-corrected chi connectivity index (χ0v) is 28.4. The highest BCUT2D eigenvalue weighted by Gasteiger charge is 2.52. The molecule has 13 nitrogen and oxygen atoms in total. The Hall–Kier alpha value is -6.13. The molecule has 0 bridgehead atoms. The Morgan fingerprint density at radius 1 is 0.922 bits per heavy atom. The van der Waals surface area contributed by atoms with E-state index in [1.165, 1.54) is 12.1 Å². The lowest BCUT2D eigenvalue weighted by atomic mass is 9.99. The number of nitrogens with zero attached hydrogens (tertiary/aromatic N) is 5. The van der Waals surface area contributed by atoms with Crippen LogP contribution in [-0.2, 0) is 38.6 Å². The van der Waals surface area contributed by atoms with Crippen molar-refractivity contribution in [1.29, 1.82) is 5.26 Å². The molecule has 2 heterocycles. The summed E-state index contributed by atoms with van der Waals surface area (Å²) in [5.74, 6) is 0.0689. The van der Waals surface area contributed by atoms with Crippen molar-refractivity contribution in [1.82, 2.24) is 25.1 Å². The van der Waals surface area contributed by atoms with Crippen molar-refractivity contribution in [2.75, 3.05) is 40.5 Å². The van der Waals surface area contributed by atoms with E-state index in [0.717, 1.165) is 27.5 Å². The van der Waals surface area contributed by atoms with E-state index in [9.17, 15) is 24.4 Å². The monoisotopic (exact) mass is 690 g/mol. The standard InChI is InChI=1S/C38H38N6O7/c1-49-30-14-12-27(13-15-30)21-40-38(48)42(19-18-39)43-24-35(45)44-33(20-26-10-16-31(17-11-26)51-25-36(46)50-2)37(47)41(23-34(43)44)22-29-8-5-7-28-6-3-4-9-32(28)29/h3-17,33-34H,19-25H2,1-2H3,(H,40,48)/t33-,34+/m0/s1. The Labute approximate surface area is 295 Å². The van der Waals surface area contributed by atoms with Gasteiger partial charge in [-0.2, -0.15) is 10.3 Å². The molecule has 2 saturated heterocycles. The molecule has 6 rings (SSSR count). The first kappa shape index (κ1) is 34.7. The molecule has 262 valence electrons. The van der Waals surface area contributed by atoms with Gasteiger partial charge in [0.25, 0.3) is 0 Å². The lowest BCUT2D eigenvalue weighted by molar-refractivity contribution is -0.157. The number of amides is 4. The highest BCUT2D eigenvalue weighted by molar-refractivity contribution is 5.92. The number of carbonyl (C=O) groups is 4. The van der Waals surface area contributed by atoms with Crippen LogP contribution < -0.4 is 14.8 Å². The number of fused-ring (bicyclic) bond motifs is 2. The van der Waals surface area contributed by atoms with E-state index in [4.69, 9.17) is 9.47 Å². The van der Waals surface area contributed by atoms with Crippen LogP contribution in [0.25, 0.3) is 10.8 Å². The molecule has 4 aromatic carbocycles. The maximum absolute atomic E-state index is 14.4. The summed E-state index contributed by atoms with van der Waals surface area (Å²) in [4.78, 5) is 56.6. The minimum Gasteiger partial charge on any atom is -0.497 e. The molecule has 2 atom stereocenters. The van der Waals surface area contributed by atoms with Crippen LogP contribution in [0.4, 0.5) is 4.79 Å². The predicted octanol–water partition coefficient (Wildman–Crippen LogP) is 3.47. The molecule has 2 aliphatic rings. The van der Waals surface area contributed by atoms with Gasteiger partial charge in [-0.1, -0.05) is 66.7 Å². The first-order valence-corrected chi connectivity index (χ1v) is 16.5. The van der Waals surface area contributed by atoms with Crippen LogP contribution in [0.15, 0.2) is 91.0 Å². The van der Waals surface area contributed by atoms with Crippen molar-refractivity contribution in [2.45, 2.75) is 31.7 Å². The fraction of sp³-hybridized carbons (Fsp3) is 0.289. The SMILES string of the molecule is COC(=O)COc1ccc(C[C@H]2C(=O)N(Cc3cccc4ccccc34)C[C@H]3N2C(=O)CN3N(CC#N)C(=O)NCc2ccc(OC)cc2)cc1. The van der Waals surface area contributed by atoms with Gasteiger partial charge in [0.15, 0.2) is 6.61 Å². The summed E-state index contributed by atoms with van der Waals surface area (Å²) in [6.07, 6.45) is -0.516. The zero-order chi connectivity index (χ0) is 35.9. The van der Waals surface area contributed by atoms with Crippen LogP contribution in [0.5, 0.6) is 11.5 Å². The van der Waals surface area contributed by atoms with E-state index in [1.54, 1.807) is 58.3 Å². The summed E-state index contributed by atoms with van der Waals surface area (Å²) in [7, 11) is 2.85. The lowest BCUT2D eigenvalue weighted by Crippen LogP contribution is -2.66. The molecule has 0 saturated carbocycles. The van der Waals surface area contributed by atoms with Crippen molar-refractivity contribution in [2.24, 2.45) is 0 Å². The Morgan fingerprint density at radius 2 is 1.63 bits per heavy atom. The third-order valence-corrected chi connectivity index (χ3v) is 9.11. The predicted molar refractivity (Wildman–Crippen MR) is 186 cm³/mol. The number of ether oxygens (including phenoxy) is 3. The van der Waals surface area contributed by atoms with Gasteiger partial charge in [-0.3, -0.25) is 9.59 Å². The van der Waals surface area contributed by atoms with Crippen LogP contribution in [0.3, 0.4) is 0 Å². The van der Waals surface area contributed by atoms with Gasteiger partial charge in [0.2, 0.25) is 11.8 Å². The first-order chi connectivity index (χ1) is 24.8. The largest absolute Gasteiger partial charge is 0.497 e. The van der Waals surface area contributed by atoms with E-state index in [0.29, 0.717) is 11.5 Å². The Balaban J connectivity index is 1.28. The van der Waals surface area contributed by atoms with Crippen molar-refractivity contribution in [3.8, 4) is 17.6 Å². The minimum atomic E-state index is -0.885. The van der Waals surface area contributed by atoms with E-state index in [1.807, 2.05) is 54.6 Å². The maximum Gasteiger partial charge on any atom is 0.343 e. The summed E-state index contributed by atoms with van der Waals surface area (Å²) in [5, 5.41) is 17.5. The van der Waals surface area contributed by atoms with Crippen LogP contribution >= 0.6 is 0 Å². The van der Waals surface area contributed by atoms with Crippen molar-refractivity contribution < 1.29 is 33.4 Å². The summed E-state index contributed by atoms with van der Waals surface area (Å²) in [5.41, 5.74) is 2.54. The Kier molecular flexibility index (Phi) is 10.6. The molecule has 4 aromatic rings. The lowest BCUT2D eigenvalue weighted by Gasteiger charge is -2.46. The van der Waals surface area contributed by atoms with E-state index in [-0.39, 0.29) is 57.6 Å². The van der Waals surface area contributed by atoms with E-state index in [2.05, 4.69) is 16.1 Å². The molecule has 51 heavy (non-hydrogen) atoms. The van der Waals surface area contributed by atoms with Crippen LogP contribution in [0.2, 0.25) is 0 Å². The number of rotatable bonds is 12. The fourth-order valence-electron chi connectivity index (χ4n) is 6.53. The van der Waals surface area contributed by atoms with Gasteiger partial charge in [-0.05, 0) is 51.7 Å². The van der Waals surface area contributed by atoms with Crippen molar-refractivity contribution in [3.05, 3.63) is 108 Å². The molecule has 2 aliphatic heterocycles.